The molecule has 0 aliphatic heterocycles. The number of amides is 1. The summed E-state index contributed by atoms with van der Waals surface area (Å²) in [6, 6.07) is 17.1. The van der Waals surface area contributed by atoms with Crippen LogP contribution in [0.1, 0.15) is 6.42 Å². The number of para-hydroxylation sites is 2. The third-order valence-electron chi connectivity index (χ3n) is 3.05. The van der Waals surface area contributed by atoms with Gasteiger partial charge in [-0.15, -0.1) is 0 Å². The van der Waals surface area contributed by atoms with Crippen LogP contribution in [0.4, 0.5) is 11.4 Å². The van der Waals surface area contributed by atoms with Gasteiger partial charge in [0, 0.05) is 25.7 Å². The zero-order chi connectivity index (χ0) is 14.4. The van der Waals surface area contributed by atoms with Gasteiger partial charge in [0.2, 0.25) is 5.91 Å². The first-order valence-electron chi connectivity index (χ1n) is 6.48. The van der Waals surface area contributed by atoms with E-state index in [2.05, 4.69) is 5.32 Å². The van der Waals surface area contributed by atoms with Gasteiger partial charge in [0.15, 0.2) is 0 Å². The summed E-state index contributed by atoms with van der Waals surface area (Å²) in [5.41, 5.74) is 1.75. The van der Waals surface area contributed by atoms with Crippen LogP contribution in [-0.2, 0) is 4.79 Å². The molecule has 0 aromatic heterocycles. The molecule has 2 aromatic carbocycles. The molecule has 0 radical (unpaired) electrons. The van der Waals surface area contributed by atoms with Crippen molar-refractivity contribution >= 4 is 28.9 Å². The fraction of sp³-hybridized carbons (Fsp3) is 0.188. The number of carbonyl (C=O) groups is 1. The first-order chi connectivity index (χ1) is 9.68. The molecule has 104 valence electrons. The molecule has 0 atom stereocenters. The normalized spacial score (nSPS) is 10.1. The van der Waals surface area contributed by atoms with E-state index in [1.165, 1.54) is 0 Å². The van der Waals surface area contributed by atoms with E-state index in [9.17, 15) is 4.79 Å². The number of anilines is 2. The highest BCUT2D eigenvalue weighted by molar-refractivity contribution is 6.33. The summed E-state index contributed by atoms with van der Waals surface area (Å²) in [7, 11) is 1.78. The lowest BCUT2D eigenvalue weighted by Crippen LogP contribution is -2.27. The Morgan fingerprint density at radius 1 is 1.10 bits per heavy atom. The molecule has 4 heteroatoms. The third-order valence-corrected chi connectivity index (χ3v) is 3.38. The number of hydrogen-bond acceptors (Lipinski definition) is 2. The maximum absolute atomic E-state index is 12.1. The molecule has 20 heavy (non-hydrogen) atoms. The molecule has 3 nitrogen and oxygen atoms in total. The van der Waals surface area contributed by atoms with E-state index in [4.69, 9.17) is 11.6 Å². The van der Waals surface area contributed by atoms with E-state index in [-0.39, 0.29) is 5.91 Å². The highest BCUT2D eigenvalue weighted by atomic mass is 35.5. The van der Waals surface area contributed by atoms with E-state index in [1.54, 1.807) is 11.9 Å². The summed E-state index contributed by atoms with van der Waals surface area (Å²) in [5.74, 6) is 0.0655. The second kappa shape index (κ2) is 6.96. The number of nitrogens with one attached hydrogen (secondary N) is 1. The van der Waals surface area contributed by atoms with E-state index in [0.29, 0.717) is 18.0 Å². The van der Waals surface area contributed by atoms with Gasteiger partial charge in [0.25, 0.3) is 0 Å². The van der Waals surface area contributed by atoms with Crippen LogP contribution in [0.3, 0.4) is 0 Å². The van der Waals surface area contributed by atoms with Crippen LogP contribution in [0.15, 0.2) is 54.6 Å². The van der Waals surface area contributed by atoms with Crippen molar-refractivity contribution in [2.24, 2.45) is 0 Å². The molecular weight excluding hydrogens is 272 g/mol. The number of carbonyl (C=O) groups excluding carboxylic acids is 1. The van der Waals surface area contributed by atoms with Crippen molar-refractivity contribution in [2.45, 2.75) is 6.42 Å². The summed E-state index contributed by atoms with van der Waals surface area (Å²) in [6.07, 6.45) is 0.413. The van der Waals surface area contributed by atoms with Gasteiger partial charge >= 0.3 is 0 Å². The van der Waals surface area contributed by atoms with Crippen molar-refractivity contribution in [3.63, 3.8) is 0 Å². The monoisotopic (exact) mass is 288 g/mol. The number of hydrogen-bond donors (Lipinski definition) is 1. The molecule has 0 saturated carbocycles. The van der Waals surface area contributed by atoms with Crippen LogP contribution in [0.5, 0.6) is 0 Å². The Bertz CT molecular complexity index is 572. The second-order valence-electron chi connectivity index (χ2n) is 4.44. The van der Waals surface area contributed by atoms with Gasteiger partial charge in [-0.05, 0) is 24.3 Å². The Labute approximate surface area is 124 Å². The zero-order valence-electron chi connectivity index (χ0n) is 11.3. The molecule has 0 aliphatic rings. The number of nitrogens with zero attached hydrogens (tertiary/aromatic N) is 1. The van der Waals surface area contributed by atoms with Crippen molar-refractivity contribution in [3.8, 4) is 0 Å². The molecular formula is C16H17ClN2O. The Morgan fingerprint density at radius 3 is 2.45 bits per heavy atom. The van der Waals surface area contributed by atoms with Crippen LogP contribution in [0, 0.1) is 0 Å². The number of halogens is 1. The molecule has 1 N–H and O–H groups in total. The molecule has 0 spiro atoms. The molecule has 1 amide bonds. The van der Waals surface area contributed by atoms with Gasteiger partial charge in [0.05, 0.1) is 10.7 Å². The molecule has 0 aliphatic carbocycles. The van der Waals surface area contributed by atoms with Crippen LogP contribution in [0.2, 0.25) is 5.02 Å². The van der Waals surface area contributed by atoms with Gasteiger partial charge < -0.3 is 10.2 Å². The van der Waals surface area contributed by atoms with Crippen LogP contribution < -0.4 is 10.2 Å². The summed E-state index contributed by atoms with van der Waals surface area (Å²) < 4.78 is 0. The molecule has 0 bridgehead atoms. The van der Waals surface area contributed by atoms with E-state index in [0.717, 1.165) is 11.4 Å². The molecule has 0 unspecified atom stereocenters. The molecule has 2 rings (SSSR count). The maximum Gasteiger partial charge on any atom is 0.228 e. The Morgan fingerprint density at radius 2 is 1.75 bits per heavy atom. The first-order valence-corrected chi connectivity index (χ1v) is 6.86. The fourth-order valence-electron chi connectivity index (χ4n) is 1.87. The van der Waals surface area contributed by atoms with Crippen molar-refractivity contribution < 1.29 is 4.79 Å². The smallest absolute Gasteiger partial charge is 0.228 e. The van der Waals surface area contributed by atoms with Gasteiger partial charge in [-0.25, -0.2) is 0 Å². The van der Waals surface area contributed by atoms with Crippen molar-refractivity contribution in [3.05, 3.63) is 59.6 Å². The van der Waals surface area contributed by atoms with E-state index < -0.39 is 0 Å². The minimum atomic E-state index is 0.0655. The van der Waals surface area contributed by atoms with E-state index in [1.807, 2.05) is 54.6 Å². The molecule has 0 fully saturated rings. The van der Waals surface area contributed by atoms with Gasteiger partial charge in [0.1, 0.15) is 0 Å². The van der Waals surface area contributed by atoms with Crippen LogP contribution >= 0.6 is 11.6 Å². The van der Waals surface area contributed by atoms with Crippen molar-refractivity contribution in [1.82, 2.24) is 0 Å². The summed E-state index contributed by atoms with van der Waals surface area (Å²) in [5, 5.41) is 3.83. The lowest BCUT2D eigenvalue weighted by molar-refractivity contribution is -0.118. The maximum atomic E-state index is 12.1. The SMILES string of the molecule is CN(C(=O)CCNc1ccccc1Cl)c1ccccc1. The topological polar surface area (TPSA) is 32.3 Å². The zero-order valence-corrected chi connectivity index (χ0v) is 12.1. The predicted molar refractivity (Wildman–Crippen MR) is 84.4 cm³/mol. The fourth-order valence-corrected chi connectivity index (χ4v) is 2.07. The highest BCUT2D eigenvalue weighted by Gasteiger charge is 2.10. The molecule has 0 saturated heterocycles. The minimum Gasteiger partial charge on any atom is -0.383 e. The summed E-state index contributed by atoms with van der Waals surface area (Å²) in [4.78, 5) is 13.7. The highest BCUT2D eigenvalue weighted by Crippen LogP contribution is 2.20. The number of benzene rings is 2. The third kappa shape index (κ3) is 3.75. The van der Waals surface area contributed by atoms with Crippen LogP contribution in [-0.4, -0.2) is 19.5 Å². The first kappa shape index (κ1) is 14.4. The Hall–Kier alpha value is -2.00. The molecule has 2 aromatic rings. The van der Waals surface area contributed by atoms with E-state index >= 15 is 0 Å². The number of rotatable bonds is 5. The van der Waals surface area contributed by atoms with Gasteiger partial charge in [-0.3, -0.25) is 4.79 Å². The van der Waals surface area contributed by atoms with Crippen molar-refractivity contribution in [2.75, 3.05) is 23.8 Å². The average molecular weight is 289 g/mol. The minimum absolute atomic E-state index is 0.0655. The largest absolute Gasteiger partial charge is 0.383 e. The second-order valence-corrected chi connectivity index (χ2v) is 4.85. The van der Waals surface area contributed by atoms with Crippen molar-refractivity contribution in [1.29, 1.82) is 0 Å². The summed E-state index contributed by atoms with van der Waals surface area (Å²) >= 11 is 6.04. The summed E-state index contributed by atoms with van der Waals surface area (Å²) in [6.45, 7) is 0.555. The predicted octanol–water partition coefficient (Wildman–Crippen LogP) is 3.81. The lowest BCUT2D eigenvalue weighted by Gasteiger charge is -2.17. The quantitative estimate of drug-likeness (QED) is 0.907. The Balaban J connectivity index is 1.85. The standard InChI is InChI=1S/C16H17ClN2O/c1-19(13-7-3-2-4-8-13)16(20)11-12-18-15-10-6-5-9-14(15)17/h2-10,18H,11-12H2,1H3. The van der Waals surface area contributed by atoms with Gasteiger partial charge in [-0.2, -0.15) is 0 Å². The Kier molecular flexibility index (Phi) is 5.02. The molecule has 0 heterocycles. The average Bonchev–Trinajstić information content (AvgIpc) is 2.49. The lowest BCUT2D eigenvalue weighted by atomic mass is 10.2. The van der Waals surface area contributed by atoms with Crippen LogP contribution in [0.25, 0.3) is 0 Å². The van der Waals surface area contributed by atoms with Gasteiger partial charge in [-0.1, -0.05) is 41.9 Å².